The summed E-state index contributed by atoms with van der Waals surface area (Å²) >= 11 is 0. The maximum atomic E-state index is 5.55. The summed E-state index contributed by atoms with van der Waals surface area (Å²) in [6, 6.07) is 7.92. The van der Waals surface area contributed by atoms with E-state index in [-0.39, 0.29) is 0 Å². The van der Waals surface area contributed by atoms with Crippen LogP contribution in [0.1, 0.15) is 5.56 Å². The molecule has 1 aromatic carbocycles. The number of aromatic nitrogens is 2. The average Bonchev–Trinajstić information content (AvgIpc) is 2.40. The van der Waals surface area contributed by atoms with Crippen molar-refractivity contribution in [3.8, 4) is 5.75 Å². The van der Waals surface area contributed by atoms with E-state index in [0.29, 0.717) is 11.6 Å². The molecule has 0 unspecified atom stereocenters. The van der Waals surface area contributed by atoms with Gasteiger partial charge in [-0.15, -0.1) is 0 Å². The van der Waals surface area contributed by atoms with E-state index >= 15 is 0 Å². The highest BCUT2D eigenvalue weighted by Gasteiger charge is 2.04. The number of nitrogen functional groups attached to an aromatic ring is 1. The minimum atomic E-state index is 0.566. The molecule has 0 spiro atoms. The van der Waals surface area contributed by atoms with Crippen LogP contribution in [0, 0.1) is 0 Å². The molecule has 1 heterocycles. The van der Waals surface area contributed by atoms with E-state index in [9.17, 15) is 0 Å². The topological polar surface area (TPSA) is 64.3 Å². The van der Waals surface area contributed by atoms with Crippen LogP contribution >= 0.6 is 0 Å². The second kappa shape index (κ2) is 5.35. The van der Waals surface area contributed by atoms with Crippen LogP contribution in [0.2, 0.25) is 0 Å². The zero-order valence-corrected chi connectivity index (χ0v) is 10.5. The molecule has 1 aromatic heterocycles. The Morgan fingerprint density at radius 1 is 1.17 bits per heavy atom. The zero-order chi connectivity index (χ0) is 13.0. The molecule has 0 atom stereocenters. The van der Waals surface area contributed by atoms with Gasteiger partial charge in [0.15, 0.2) is 0 Å². The first-order valence-corrected chi connectivity index (χ1v) is 5.60. The van der Waals surface area contributed by atoms with Crippen LogP contribution in [-0.2, 0) is 6.54 Å². The summed E-state index contributed by atoms with van der Waals surface area (Å²) in [4.78, 5) is 10.3. The Balaban J connectivity index is 2.05. The molecule has 18 heavy (non-hydrogen) atoms. The van der Waals surface area contributed by atoms with Crippen molar-refractivity contribution in [1.29, 1.82) is 0 Å². The van der Waals surface area contributed by atoms with Crippen LogP contribution < -0.4 is 15.4 Å². The predicted molar refractivity (Wildman–Crippen MR) is 71.5 cm³/mol. The van der Waals surface area contributed by atoms with Gasteiger partial charge < -0.3 is 15.4 Å². The zero-order valence-electron chi connectivity index (χ0n) is 10.5. The van der Waals surface area contributed by atoms with Gasteiger partial charge in [-0.2, -0.15) is 0 Å². The van der Waals surface area contributed by atoms with Gasteiger partial charge in [0.2, 0.25) is 5.95 Å². The molecule has 0 aliphatic rings. The molecular weight excluding hydrogens is 228 g/mol. The second-order valence-corrected chi connectivity index (χ2v) is 4.02. The standard InChI is InChI=1S/C13H16N4O/c1-17(13-15-7-11(14)8-16-13)9-10-3-5-12(18-2)6-4-10/h3-8H,9,14H2,1-2H3. The number of benzene rings is 1. The predicted octanol–water partition coefficient (Wildman–Crippen LogP) is 1.70. The Morgan fingerprint density at radius 2 is 1.78 bits per heavy atom. The number of anilines is 2. The highest BCUT2D eigenvalue weighted by atomic mass is 16.5. The Bertz CT molecular complexity index is 495. The maximum Gasteiger partial charge on any atom is 0.225 e. The lowest BCUT2D eigenvalue weighted by Crippen LogP contribution is -2.19. The molecule has 2 N–H and O–H groups in total. The fourth-order valence-corrected chi connectivity index (χ4v) is 1.60. The number of rotatable bonds is 4. The number of nitrogens with two attached hydrogens (primary N) is 1. The summed E-state index contributed by atoms with van der Waals surface area (Å²) < 4.78 is 5.12. The number of methoxy groups -OCH3 is 1. The average molecular weight is 244 g/mol. The summed E-state index contributed by atoms with van der Waals surface area (Å²) in [7, 11) is 3.60. The van der Waals surface area contributed by atoms with Crippen molar-refractivity contribution in [2.24, 2.45) is 0 Å². The summed E-state index contributed by atoms with van der Waals surface area (Å²) in [5.74, 6) is 1.50. The summed E-state index contributed by atoms with van der Waals surface area (Å²) in [5, 5.41) is 0. The van der Waals surface area contributed by atoms with Gasteiger partial charge >= 0.3 is 0 Å². The Kier molecular flexibility index (Phi) is 3.62. The van der Waals surface area contributed by atoms with Gasteiger partial charge in [0.1, 0.15) is 5.75 Å². The number of hydrogen-bond acceptors (Lipinski definition) is 5. The van der Waals surface area contributed by atoms with E-state index in [1.807, 2.05) is 36.2 Å². The van der Waals surface area contributed by atoms with Crippen LogP contribution in [0.4, 0.5) is 11.6 Å². The van der Waals surface area contributed by atoms with Crippen LogP contribution in [0.5, 0.6) is 5.75 Å². The Morgan fingerprint density at radius 3 is 2.33 bits per heavy atom. The highest BCUT2D eigenvalue weighted by Crippen LogP contribution is 2.14. The molecule has 0 amide bonds. The van der Waals surface area contributed by atoms with Gasteiger partial charge in [0.25, 0.3) is 0 Å². The molecule has 2 rings (SSSR count). The van der Waals surface area contributed by atoms with E-state index in [1.54, 1.807) is 19.5 Å². The Hall–Kier alpha value is -2.30. The minimum absolute atomic E-state index is 0.566. The number of nitrogens with zero attached hydrogens (tertiary/aromatic N) is 3. The Labute approximate surface area is 106 Å². The van der Waals surface area contributed by atoms with Crippen LogP contribution in [-0.4, -0.2) is 24.1 Å². The van der Waals surface area contributed by atoms with Gasteiger partial charge in [-0.3, -0.25) is 0 Å². The molecule has 2 aromatic rings. The monoisotopic (exact) mass is 244 g/mol. The van der Waals surface area contributed by atoms with Gasteiger partial charge in [0.05, 0.1) is 25.2 Å². The third kappa shape index (κ3) is 2.88. The van der Waals surface area contributed by atoms with Crippen molar-refractivity contribution < 1.29 is 4.74 Å². The second-order valence-electron chi connectivity index (χ2n) is 4.02. The molecule has 0 radical (unpaired) electrons. The van der Waals surface area contributed by atoms with Crippen molar-refractivity contribution in [3.05, 3.63) is 42.2 Å². The molecule has 0 saturated carbocycles. The normalized spacial score (nSPS) is 10.1. The summed E-state index contributed by atoms with van der Waals surface area (Å²) in [5.41, 5.74) is 7.29. The van der Waals surface area contributed by atoms with Crippen molar-refractivity contribution in [2.75, 3.05) is 24.8 Å². The fraction of sp³-hybridized carbons (Fsp3) is 0.231. The lowest BCUT2D eigenvalue weighted by molar-refractivity contribution is 0.414. The van der Waals surface area contributed by atoms with Gasteiger partial charge in [0, 0.05) is 13.6 Å². The quantitative estimate of drug-likeness (QED) is 0.886. The van der Waals surface area contributed by atoms with Crippen LogP contribution in [0.3, 0.4) is 0 Å². The molecule has 94 valence electrons. The van der Waals surface area contributed by atoms with Gasteiger partial charge in [-0.1, -0.05) is 12.1 Å². The van der Waals surface area contributed by atoms with E-state index in [1.165, 1.54) is 5.56 Å². The lowest BCUT2D eigenvalue weighted by Gasteiger charge is -2.17. The third-order valence-corrected chi connectivity index (χ3v) is 2.58. The SMILES string of the molecule is COc1ccc(CN(C)c2ncc(N)cn2)cc1. The third-order valence-electron chi connectivity index (χ3n) is 2.58. The van der Waals surface area contributed by atoms with Crippen LogP contribution in [0.25, 0.3) is 0 Å². The van der Waals surface area contributed by atoms with Crippen LogP contribution in [0.15, 0.2) is 36.7 Å². The van der Waals surface area contributed by atoms with Crippen molar-refractivity contribution in [3.63, 3.8) is 0 Å². The summed E-state index contributed by atoms with van der Waals surface area (Å²) in [6.07, 6.45) is 3.21. The molecule has 5 nitrogen and oxygen atoms in total. The number of ether oxygens (including phenoxy) is 1. The fourth-order valence-electron chi connectivity index (χ4n) is 1.60. The molecule has 0 fully saturated rings. The van der Waals surface area contributed by atoms with Crippen molar-refractivity contribution in [2.45, 2.75) is 6.54 Å². The summed E-state index contributed by atoms with van der Waals surface area (Å²) in [6.45, 7) is 0.730. The molecule has 0 saturated heterocycles. The van der Waals surface area contributed by atoms with E-state index in [2.05, 4.69) is 9.97 Å². The minimum Gasteiger partial charge on any atom is -0.497 e. The molecular formula is C13H16N4O. The molecule has 0 aliphatic heterocycles. The van der Waals surface area contributed by atoms with Crippen molar-refractivity contribution >= 4 is 11.6 Å². The maximum absolute atomic E-state index is 5.55. The van der Waals surface area contributed by atoms with Gasteiger partial charge in [-0.05, 0) is 17.7 Å². The highest BCUT2D eigenvalue weighted by molar-refractivity contribution is 5.38. The largest absolute Gasteiger partial charge is 0.497 e. The first kappa shape index (κ1) is 12.2. The first-order chi connectivity index (χ1) is 8.69. The molecule has 5 heteroatoms. The molecule has 0 aliphatic carbocycles. The smallest absolute Gasteiger partial charge is 0.225 e. The van der Waals surface area contributed by atoms with Crippen molar-refractivity contribution in [1.82, 2.24) is 9.97 Å². The first-order valence-electron chi connectivity index (χ1n) is 5.60. The number of hydrogen-bond donors (Lipinski definition) is 1. The van der Waals surface area contributed by atoms with E-state index in [0.717, 1.165) is 12.3 Å². The van der Waals surface area contributed by atoms with E-state index in [4.69, 9.17) is 10.5 Å². The van der Waals surface area contributed by atoms with Gasteiger partial charge in [-0.25, -0.2) is 9.97 Å². The lowest BCUT2D eigenvalue weighted by atomic mass is 10.2. The molecule has 0 bridgehead atoms. The van der Waals surface area contributed by atoms with E-state index < -0.39 is 0 Å².